The summed E-state index contributed by atoms with van der Waals surface area (Å²) in [6, 6.07) is 10.9. The summed E-state index contributed by atoms with van der Waals surface area (Å²) < 4.78 is 5.62. The second-order valence-corrected chi connectivity index (χ2v) is 6.58. The van der Waals surface area contributed by atoms with Crippen LogP contribution < -0.4 is 4.74 Å². The summed E-state index contributed by atoms with van der Waals surface area (Å²) in [5, 5.41) is 10.2. The van der Waals surface area contributed by atoms with E-state index in [1.165, 1.54) is 12.8 Å². The maximum Gasteiger partial charge on any atom is 0.119 e. The molecule has 0 amide bonds. The largest absolute Gasteiger partial charge is 0.491 e. The summed E-state index contributed by atoms with van der Waals surface area (Å²) in [7, 11) is 2.11. The summed E-state index contributed by atoms with van der Waals surface area (Å²) in [6.45, 7) is 7.84. The number of likely N-dealkylation sites (N-methyl/N-ethyl adjacent to an activating group) is 1. The first-order valence-corrected chi connectivity index (χ1v) is 8.36. The molecule has 1 aliphatic heterocycles. The van der Waals surface area contributed by atoms with E-state index in [-0.39, 0.29) is 0 Å². The van der Waals surface area contributed by atoms with Crippen LogP contribution in [-0.4, -0.2) is 66.4 Å². The van der Waals surface area contributed by atoms with Crippen molar-refractivity contribution >= 4 is 0 Å². The Morgan fingerprint density at radius 2 is 1.86 bits per heavy atom. The third-order valence-electron chi connectivity index (χ3n) is 4.54. The van der Waals surface area contributed by atoms with Crippen molar-refractivity contribution in [1.82, 2.24) is 9.80 Å². The quantitative estimate of drug-likeness (QED) is 0.838. The van der Waals surface area contributed by atoms with E-state index in [0.29, 0.717) is 25.2 Å². The van der Waals surface area contributed by atoms with Crippen LogP contribution in [0.25, 0.3) is 0 Å². The van der Waals surface area contributed by atoms with Gasteiger partial charge in [-0.2, -0.15) is 0 Å². The zero-order valence-electron chi connectivity index (χ0n) is 14.1. The summed E-state index contributed by atoms with van der Waals surface area (Å²) in [5.41, 5.74) is 0. The zero-order valence-corrected chi connectivity index (χ0v) is 14.1. The van der Waals surface area contributed by atoms with Gasteiger partial charge in [-0.05, 0) is 59.0 Å². The Labute approximate surface area is 134 Å². The van der Waals surface area contributed by atoms with Gasteiger partial charge in [0.1, 0.15) is 18.5 Å². The summed E-state index contributed by atoms with van der Waals surface area (Å²) >= 11 is 0. The molecule has 1 aromatic rings. The minimum absolute atomic E-state index is 0.346. The topological polar surface area (TPSA) is 35.9 Å². The van der Waals surface area contributed by atoms with Crippen molar-refractivity contribution in [3.05, 3.63) is 30.3 Å². The van der Waals surface area contributed by atoms with Gasteiger partial charge in [0.2, 0.25) is 0 Å². The van der Waals surface area contributed by atoms with Crippen molar-refractivity contribution in [3.8, 4) is 5.75 Å². The van der Waals surface area contributed by atoms with Gasteiger partial charge in [-0.15, -0.1) is 0 Å². The summed E-state index contributed by atoms with van der Waals surface area (Å²) in [4.78, 5) is 4.82. The number of para-hydroxylation sites is 1. The third kappa shape index (κ3) is 5.27. The van der Waals surface area contributed by atoms with E-state index in [9.17, 15) is 5.11 Å². The molecule has 1 atom stereocenters. The van der Waals surface area contributed by atoms with Crippen molar-refractivity contribution < 1.29 is 9.84 Å². The average Bonchev–Trinajstić information content (AvgIpc) is 2.54. The number of benzene rings is 1. The molecule has 4 nitrogen and oxygen atoms in total. The van der Waals surface area contributed by atoms with Gasteiger partial charge in [0.25, 0.3) is 0 Å². The van der Waals surface area contributed by atoms with Crippen molar-refractivity contribution in [3.63, 3.8) is 0 Å². The standard InChI is InChI=1S/C18H30N2O2/c1-15(2)20-11-9-16(10-12-20)19(3)13-17(21)14-22-18-7-5-4-6-8-18/h4-8,15-17,21H,9-14H2,1-3H3. The lowest BCUT2D eigenvalue weighted by Crippen LogP contribution is -2.47. The Bertz CT molecular complexity index is 416. The third-order valence-corrected chi connectivity index (χ3v) is 4.54. The SMILES string of the molecule is CC(C)N1CCC(N(C)CC(O)COc2ccccc2)CC1. The number of likely N-dealkylation sites (tertiary alicyclic amines) is 1. The number of hydrogen-bond donors (Lipinski definition) is 1. The Morgan fingerprint density at radius 3 is 2.45 bits per heavy atom. The molecule has 1 N–H and O–H groups in total. The van der Waals surface area contributed by atoms with E-state index in [2.05, 4.69) is 30.7 Å². The van der Waals surface area contributed by atoms with Crippen molar-refractivity contribution in [2.24, 2.45) is 0 Å². The van der Waals surface area contributed by atoms with Crippen LogP contribution in [0.15, 0.2) is 30.3 Å². The minimum Gasteiger partial charge on any atom is -0.491 e. The second kappa shape index (κ2) is 8.51. The highest BCUT2D eigenvalue weighted by Gasteiger charge is 2.24. The molecule has 1 unspecified atom stereocenters. The Kier molecular flexibility index (Phi) is 6.68. The number of nitrogens with zero attached hydrogens (tertiary/aromatic N) is 2. The molecular weight excluding hydrogens is 276 g/mol. The van der Waals surface area contributed by atoms with Crippen LogP contribution in [-0.2, 0) is 0 Å². The molecule has 1 heterocycles. The number of ether oxygens (including phenoxy) is 1. The fourth-order valence-electron chi connectivity index (χ4n) is 3.09. The van der Waals surface area contributed by atoms with Gasteiger partial charge < -0.3 is 19.6 Å². The van der Waals surface area contributed by atoms with Crippen molar-refractivity contribution in [2.75, 3.05) is 33.3 Å². The van der Waals surface area contributed by atoms with E-state index in [1.807, 2.05) is 30.3 Å². The number of rotatable bonds is 7. The van der Waals surface area contributed by atoms with Gasteiger partial charge in [-0.25, -0.2) is 0 Å². The molecule has 0 bridgehead atoms. The predicted molar refractivity (Wildman–Crippen MR) is 90.3 cm³/mol. The van der Waals surface area contributed by atoms with Gasteiger partial charge >= 0.3 is 0 Å². The van der Waals surface area contributed by atoms with Crippen molar-refractivity contribution in [2.45, 2.75) is 44.9 Å². The average molecular weight is 306 g/mol. The fourth-order valence-corrected chi connectivity index (χ4v) is 3.09. The molecule has 22 heavy (non-hydrogen) atoms. The molecule has 0 saturated carbocycles. The molecule has 0 spiro atoms. The lowest BCUT2D eigenvalue weighted by molar-refractivity contribution is 0.0433. The van der Waals surface area contributed by atoms with E-state index >= 15 is 0 Å². The van der Waals surface area contributed by atoms with Gasteiger partial charge in [0.15, 0.2) is 0 Å². The summed E-state index contributed by atoms with van der Waals surface area (Å²) in [5.74, 6) is 0.814. The van der Waals surface area contributed by atoms with E-state index in [4.69, 9.17) is 4.74 Å². The van der Waals surface area contributed by atoms with Crippen LogP contribution in [0, 0.1) is 0 Å². The molecule has 4 heteroatoms. The first-order valence-electron chi connectivity index (χ1n) is 8.36. The van der Waals surface area contributed by atoms with Crippen LogP contribution in [0.1, 0.15) is 26.7 Å². The van der Waals surface area contributed by atoms with Crippen LogP contribution >= 0.6 is 0 Å². The lowest BCUT2D eigenvalue weighted by atomic mass is 10.0. The molecule has 1 aliphatic rings. The van der Waals surface area contributed by atoms with Crippen LogP contribution in [0.5, 0.6) is 5.75 Å². The Hall–Kier alpha value is -1.10. The first kappa shape index (κ1) is 17.3. The molecule has 124 valence electrons. The smallest absolute Gasteiger partial charge is 0.119 e. The molecule has 1 aromatic carbocycles. The van der Waals surface area contributed by atoms with Crippen LogP contribution in [0.3, 0.4) is 0 Å². The van der Waals surface area contributed by atoms with E-state index < -0.39 is 6.10 Å². The second-order valence-electron chi connectivity index (χ2n) is 6.58. The monoisotopic (exact) mass is 306 g/mol. The van der Waals surface area contributed by atoms with Gasteiger partial charge in [0.05, 0.1) is 0 Å². The molecule has 0 aromatic heterocycles. The van der Waals surface area contributed by atoms with Crippen molar-refractivity contribution in [1.29, 1.82) is 0 Å². The number of aliphatic hydroxyl groups excluding tert-OH is 1. The predicted octanol–water partition coefficient (Wildman–Crippen LogP) is 2.23. The maximum atomic E-state index is 10.2. The number of hydrogen-bond acceptors (Lipinski definition) is 4. The molecular formula is C18H30N2O2. The Balaban J connectivity index is 1.69. The van der Waals surface area contributed by atoms with Crippen LogP contribution in [0.4, 0.5) is 0 Å². The fraction of sp³-hybridized carbons (Fsp3) is 0.667. The highest BCUT2D eigenvalue weighted by Crippen LogP contribution is 2.17. The lowest BCUT2D eigenvalue weighted by Gasteiger charge is -2.39. The molecule has 0 aliphatic carbocycles. The van der Waals surface area contributed by atoms with Gasteiger partial charge in [-0.3, -0.25) is 0 Å². The van der Waals surface area contributed by atoms with Crippen LogP contribution in [0.2, 0.25) is 0 Å². The summed E-state index contributed by atoms with van der Waals surface area (Å²) in [6.07, 6.45) is 1.91. The molecule has 0 radical (unpaired) electrons. The molecule has 1 saturated heterocycles. The van der Waals surface area contributed by atoms with E-state index in [1.54, 1.807) is 0 Å². The van der Waals surface area contributed by atoms with Gasteiger partial charge in [0, 0.05) is 18.6 Å². The maximum absolute atomic E-state index is 10.2. The Morgan fingerprint density at radius 1 is 1.23 bits per heavy atom. The van der Waals surface area contributed by atoms with E-state index in [0.717, 1.165) is 18.8 Å². The number of aliphatic hydroxyl groups is 1. The normalized spacial score (nSPS) is 18.8. The molecule has 1 fully saturated rings. The molecule has 2 rings (SSSR count). The first-order chi connectivity index (χ1) is 10.6. The zero-order chi connectivity index (χ0) is 15.9. The highest BCUT2D eigenvalue weighted by molar-refractivity contribution is 5.20. The van der Waals surface area contributed by atoms with Gasteiger partial charge in [-0.1, -0.05) is 18.2 Å². The highest BCUT2D eigenvalue weighted by atomic mass is 16.5. The minimum atomic E-state index is -0.451. The number of piperidine rings is 1.